The van der Waals surface area contributed by atoms with Crippen LogP contribution in [0.15, 0.2) is 24.3 Å². The van der Waals surface area contributed by atoms with Crippen LogP contribution in [0.4, 0.5) is 0 Å². The van der Waals surface area contributed by atoms with Gasteiger partial charge in [0.15, 0.2) is 0 Å². The Balaban J connectivity index is 2.79. The molecule has 1 unspecified atom stereocenters. The van der Waals surface area contributed by atoms with E-state index in [2.05, 4.69) is 32.8 Å². The van der Waals surface area contributed by atoms with Gasteiger partial charge in [0.2, 0.25) is 0 Å². The summed E-state index contributed by atoms with van der Waals surface area (Å²) >= 11 is 0. The molecule has 0 fully saturated rings. The molecule has 86 valence electrons. The number of para-hydroxylation sites is 1. The van der Waals surface area contributed by atoms with E-state index >= 15 is 0 Å². The fraction of sp³-hybridized carbons (Fsp3) is 0.467. The molecule has 0 aliphatic carbocycles. The molecular weight excluding hydrogens is 196 g/mol. The van der Waals surface area contributed by atoms with Gasteiger partial charge in [-0.15, -0.1) is 12.3 Å². The largest absolute Gasteiger partial charge is 0.493 e. The maximum Gasteiger partial charge on any atom is 0.122 e. The third-order valence-electron chi connectivity index (χ3n) is 2.45. The SMILES string of the molecule is C#CCC(C)c1ccccc1OCC(C)C. The van der Waals surface area contributed by atoms with Crippen molar-refractivity contribution >= 4 is 0 Å². The molecule has 1 heteroatoms. The minimum atomic E-state index is 0.355. The molecule has 1 aromatic carbocycles. The molecule has 0 heterocycles. The lowest BCUT2D eigenvalue weighted by molar-refractivity contribution is 0.267. The van der Waals surface area contributed by atoms with Crippen LogP contribution >= 0.6 is 0 Å². The standard InChI is InChI=1S/C15H20O/c1-5-8-13(4)14-9-6-7-10-15(14)16-11-12(2)3/h1,6-7,9-10,12-13H,8,11H2,2-4H3. The molecule has 0 N–H and O–H groups in total. The quantitative estimate of drug-likeness (QED) is 0.679. The van der Waals surface area contributed by atoms with Gasteiger partial charge in [0.1, 0.15) is 5.75 Å². The minimum absolute atomic E-state index is 0.355. The third-order valence-corrected chi connectivity index (χ3v) is 2.45. The monoisotopic (exact) mass is 216 g/mol. The van der Waals surface area contributed by atoms with Gasteiger partial charge < -0.3 is 4.74 Å². The van der Waals surface area contributed by atoms with Gasteiger partial charge in [0, 0.05) is 6.42 Å². The molecule has 1 aromatic rings. The van der Waals surface area contributed by atoms with Gasteiger partial charge in [0.05, 0.1) is 6.61 Å². The molecule has 1 nitrogen and oxygen atoms in total. The van der Waals surface area contributed by atoms with Crippen LogP contribution in [0.2, 0.25) is 0 Å². The van der Waals surface area contributed by atoms with Crippen molar-refractivity contribution in [1.82, 2.24) is 0 Å². The van der Waals surface area contributed by atoms with Gasteiger partial charge in [0.25, 0.3) is 0 Å². The Kier molecular flexibility index (Phi) is 4.92. The van der Waals surface area contributed by atoms with E-state index in [0.29, 0.717) is 11.8 Å². The fourth-order valence-electron chi connectivity index (χ4n) is 1.56. The molecule has 1 rings (SSSR count). The van der Waals surface area contributed by atoms with E-state index < -0.39 is 0 Å². The van der Waals surface area contributed by atoms with Crippen LogP contribution in [0.3, 0.4) is 0 Å². The second-order valence-corrected chi connectivity index (χ2v) is 4.55. The smallest absolute Gasteiger partial charge is 0.122 e. The molecule has 16 heavy (non-hydrogen) atoms. The van der Waals surface area contributed by atoms with Crippen molar-refractivity contribution in [2.24, 2.45) is 5.92 Å². The number of ether oxygens (including phenoxy) is 1. The maximum absolute atomic E-state index is 5.80. The molecule has 0 aromatic heterocycles. The van der Waals surface area contributed by atoms with E-state index in [9.17, 15) is 0 Å². The second-order valence-electron chi connectivity index (χ2n) is 4.55. The summed E-state index contributed by atoms with van der Waals surface area (Å²) in [6.45, 7) is 7.18. The van der Waals surface area contributed by atoms with Gasteiger partial charge in [-0.3, -0.25) is 0 Å². The van der Waals surface area contributed by atoms with Gasteiger partial charge in [-0.2, -0.15) is 0 Å². The zero-order chi connectivity index (χ0) is 12.0. The molecule has 0 aliphatic rings. The van der Waals surface area contributed by atoms with Crippen LogP contribution in [-0.4, -0.2) is 6.61 Å². The van der Waals surface area contributed by atoms with E-state index in [1.54, 1.807) is 0 Å². The number of terminal acetylenes is 1. The number of rotatable bonds is 5. The minimum Gasteiger partial charge on any atom is -0.493 e. The van der Waals surface area contributed by atoms with Gasteiger partial charge in [-0.1, -0.05) is 39.0 Å². The van der Waals surface area contributed by atoms with Crippen molar-refractivity contribution in [3.8, 4) is 18.1 Å². The Morgan fingerprint density at radius 2 is 1.94 bits per heavy atom. The van der Waals surface area contributed by atoms with E-state index in [4.69, 9.17) is 11.2 Å². The van der Waals surface area contributed by atoms with Gasteiger partial charge >= 0.3 is 0 Å². The Labute approximate surface area is 98.8 Å². The highest BCUT2D eigenvalue weighted by molar-refractivity contribution is 5.36. The highest BCUT2D eigenvalue weighted by Crippen LogP contribution is 2.28. The predicted molar refractivity (Wildman–Crippen MR) is 68.6 cm³/mol. The van der Waals surface area contributed by atoms with Gasteiger partial charge in [-0.05, 0) is 23.5 Å². The molecule has 0 aliphatic heterocycles. The normalized spacial score (nSPS) is 12.2. The van der Waals surface area contributed by atoms with Crippen molar-refractivity contribution in [1.29, 1.82) is 0 Å². The van der Waals surface area contributed by atoms with Crippen LogP contribution in [0.1, 0.15) is 38.7 Å². The Morgan fingerprint density at radius 3 is 2.56 bits per heavy atom. The first-order valence-electron chi connectivity index (χ1n) is 5.80. The summed E-state index contributed by atoms with van der Waals surface area (Å²) in [5.41, 5.74) is 1.21. The Hall–Kier alpha value is -1.42. The summed E-state index contributed by atoms with van der Waals surface area (Å²) in [6.07, 6.45) is 6.10. The lowest BCUT2D eigenvalue weighted by Gasteiger charge is -2.16. The van der Waals surface area contributed by atoms with E-state index in [1.165, 1.54) is 5.56 Å². The molecule has 0 radical (unpaired) electrons. The van der Waals surface area contributed by atoms with Crippen LogP contribution < -0.4 is 4.74 Å². The van der Waals surface area contributed by atoms with Gasteiger partial charge in [-0.25, -0.2) is 0 Å². The first-order chi connectivity index (χ1) is 7.65. The van der Waals surface area contributed by atoms with Crippen molar-refractivity contribution in [2.45, 2.75) is 33.1 Å². The second kappa shape index (κ2) is 6.23. The predicted octanol–water partition coefficient (Wildman–Crippen LogP) is 3.85. The summed E-state index contributed by atoms with van der Waals surface area (Å²) in [7, 11) is 0. The molecule has 0 saturated carbocycles. The third kappa shape index (κ3) is 3.62. The lowest BCUT2D eigenvalue weighted by Crippen LogP contribution is -2.07. The van der Waals surface area contributed by atoms with E-state index in [1.807, 2.05) is 18.2 Å². The Morgan fingerprint density at radius 1 is 1.25 bits per heavy atom. The Bertz CT molecular complexity index is 360. The lowest BCUT2D eigenvalue weighted by atomic mass is 9.97. The number of benzene rings is 1. The summed E-state index contributed by atoms with van der Waals surface area (Å²) in [4.78, 5) is 0. The number of hydrogen-bond donors (Lipinski definition) is 0. The van der Waals surface area contributed by atoms with Crippen LogP contribution in [0, 0.1) is 18.3 Å². The average Bonchev–Trinajstić information content (AvgIpc) is 2.27. The van der Waals surface area contributed by atoms with Crippen molar-refractivity contribution in [3.63, 3.8) is 0 Å². The van der Waals surface area contributed by atoms with Crippen molar-refractivity contribution in [3.05, 3.63) is 29.8 Å². The topological polar surface area (TPSA) is 9.23 Å². The van der Waals surface area contributed by atoms with Crippen LogP contribution in [0.5, 0.6) is 5.75 Å². The zero-order valence-corrected chi connectivity index (χ0v) is 10.4. The molecule has 0 spiro atoms. The van der Waals surface area contributed by atoms with E-state index in [-0.39, 0.29) is 0 Å². The zero-order valence-electron chi connectivity index (χ0n) is 10.4. The summed E-state index contributed by atoms with van der Waals surface area (Å²) < 4.78 is 5.80. The first-order valence-corrected chi connectivity index (χ1v) is 5.80. The van der Waals surface area contributed by atoms with Crippen molar-refractivity contribution < 1.29 is 4.74 Å². The van der Waals surface area contributed by atoms with Crippen molar-refractivity contribution in [2.75, 3.05) is 6.61 Å². The molecular formula is C15H20O. The first kappa shape index (κ1) is 12.6. The highest BCUT2D eigenvalue weighted by atomic mass is 16.5. The molecule has 0 bridgehead atoms. The maximum atomic E-state index is 5.80. The summed E-state index contributed by atoms with van der Waals surface area (Å²) in [5, 5.41) is 0. The molecule has 0 amide bonds. The average molecular weight is 216 g/mol. The van der Waals surface area contributed by atoms with E-state index in [0.717, 1.165) is 18.8 Å². The number of hydrogen-bond acceptors (Lipinski definition) is 1. The highest BCUT2D eigenvalue weighted by Gasteiger charge is 2.10. The molecule has 0 saturated heterocycles. The molecule has 1 atom stereocenters. The summed E-state index contributed by atoms with van der Waals surface area (Å²) in [5.74, 6) is 4.57. The summed E-state index contributed by atoms with van der Waals surface area (Å²) in [6, 6.07) is 8.15. The fourth-order valence-corrected chi connectivity index (χ4v) is 1.56. The van der Waals surface area contributed by atoms with Crippen LogP contribution in [0.25, 0.3) is 0 Å². The van der Waals surface area contributed by atoms with Crippen LogP contribution in [-0.2, 0) is 0 Å².